The summed E-state index contributed by atoms with van der Waals surface area (Å²) in [5, 5.41) is 4.94. The molecule has 0 aliphatic carbocycles. The number of anilines is 2. The minimum Gasteiger partial charge on any atom is -0.493 e. The highest BCUT2D eigenvalue weighted by Crippen LogP contribution is 2.39. The van der Waals surface area contributed by atoms with Crippen molar-refractivity contribution in [3.05, 3.63) is 42.0 Å². The topological polar surface area (TPSA) is 68.8 Å². The fourth-order valence-electron chi connectivity index (χ4n) is 2.02. The SMILES string of the molecule is COc1cc(NC(=O)Nc2ccc(F)c(F)c2)cc(OC)c1OC. The van der Waals surface area contributed by atoms with Crippen molar-refractivity contribution >= 4 is 17.4 Å². The van der Waals surface area contributed by atoms with Gasteiger partial charge in [0.2, 0.25) is 5.75 Å². The number of halogens is 2. The van der Waals surface area contributed by atoms with E-state index in [9.17, 15) is 13.6 Å². The van der Waals surface area contributed by atoms with E-state index < -0.39 is 17.7 Å². The molecule has 2 N–H and O–H groups in total. The predicted molar refractivity (Wildman–Crippen MR) is 85.1 cm³/mol. The maximum Gasteiger partial charge on any atom is 0.323 e. The zero-order valence-corrected chi connectivity index (χ0v) is 13.3. The van der Waals surface area contributed by atoms with Crippen molar-refractivity contribution < 1.29 is 27.8 Å². The summed E-state index contributed by atoms with van der Waals surface area (Å²) < 4.78 is 41.6. The second-order valence-electron chi connectivity index (χ2n) is 4.62. The maximum atomic E-state index is 13.1. The third-order valence-electron chi connectivity index (χ3n) is 3.10. The van der Waals surface area contributed by atoms with Gasteiger partial charge in [0, 0.05) is 23.9 Å². The number of methoxy groups -OCH3 is 3. The fraction of sp³-hybridized carbons (Fsp3) is 0.188. The number of benzene rings is 2. The molecule has 8 heteroatoms. The van der Waals surface area contributed by atoms with Crippen LogP contribution in [-0.2, 0) is 0 Å². The van der Waals surface area contributed by atoms with Crippen molar-refractivity contribution in [3.8, 4) is 17.2 Å². The van der Waals surface area contributed by atoms with Gasteiger partial charge in [-0.15, -0.1) is 0 Å². The number of hydrogen-bond donors (Lipinski definition) is 2. The molecule has 2 aromatic rings. The van der Waals surface area contributed by atoms with E-state index >= 15 is 0 Å². The molecule has 0 bridgehead atoms. The van der Waals surface area contributed by atoms with E-state index in [2.05, 4.69) is 10.6 Å². The molecule has 2 rings (SSSR count). The zero-order valence-electron chi connectivity index (χ0n) is 13.3. The van der Waals surface area contributed by atoms with Gasteiger partial charge < -0.3 is 24.8 Å². The molecule has 0 atom stereocenters. The summed E-state index contributed by atoms with van der Waals surface area (Å²) in [6.07, 6.45) is 0. The van der Waals surface area contributed by atoms with Crippen molar-refractivity contribution in [2.24, 2.45) is 0 Å². The molecule has 0 unspecified atom stereocenters. The predicted octanol–water partition coefficient (Wildman–Crippen LogP) is 3.63. The van der Waals surface area contributed by atoms with Gasteiger partial charge in [-0.25, -0.2) is 13.6 Å². The summed E-state index contributed by atoms with van der Waals surface area (Å²) in [7, 11) is 4.36. The molecule has 0 aromatic heterocycles. The van der Waals surface area contributed by atoms with Crippen molar-refractivity contribution in [1.82, 2.24) is 0 Å². The summed E-state index contributed by atoms with van der Waals surface area (Å²) in [5.41, 5.74) is 0.475. The van der Waals surface area contributed by atoms with E-state index in [1.54, 1.807) is 0 Å². The summed E-state index contributed by atoms with van der Waals surface area (Å²) >= 11 is 0. The maximum absolute atomic E-state index is 13.1. The van der Waals surface area contributed by atoms with Gasteiger partial charge in [0.05, 0.1) is 27.0 Å². The minimum absolute atomic E-state index is 0.110. The van der Waals surface area contributed by atoms with Gasteiger partial charge in [-0.2, -0.15) is 0 Å². The van der Waals surface area contributed by atoms with Gasteiger partial charge in [0.1, 0.15) is 0 Å². The second-order valence-corrected chi connectivity index (χ2v) is 4.62. The Kier molecular flexibility index (Phi) is 5.41. The van der Waals surface area contributed by atoms with Crippen LogP contribution in [-0.4, -0.2) is 27.4 Å². The number of nitrogens with one attached hydrogen (secondary N) is 2. The van der Waals surface area contributed by atoms with E-state index in [1.165, 1.54) is 39.5 Å². The number of amides is 2. The highest BCUT2D eigenvalue weighted by atomic mass is 19.2. The van der Waals surface area contributed by atoms with E-state index in [4.69, 9.17) is 14.2 Å². The lowest BCUT2D eigenvalue weighted by molar-refractivity contribution is 0.262. The summed E-state index contributed by atoms with van der Waals surface area (Å²) in [4.78, 5) is 12.0. The Balaban J connectivity index is 2.17. The van der Waals surface area contributed by atoms with Crippen LogP contribution in [0.2, 0.25) is 0 Å². The number of urea groups is 1. The molecule has 2 amide bonds. The van der Waals surface area contributed by atoms with Gasteiger partial charge in [0.15, 0.2) is 23.1 Å². The fourth-order valence-corrected chi connectivity index (χ4v) is 2.02. The highest BCUT2D eigenvalue weighted by molar-refractivity contribution is 6.00. The molecule has 0 spiro atoms. The second kappa shape index (κ2) is 7.49. The van der Waals surface area contributed by atoms with Crippen LogP contribution in [0, 0.1) is 11.6 Å². The first-order valence-corrected chi connectivity index (χ1v) is 6.81. The molecule has 0 fully saturated rings. The van der Waals surface area contributed by atoms with Gasteiger partial charge in [-0.05, 0) is 12.1 Å². The Morgan fingerprint density at radius 1 is 0.833 bits per heavy atom. The van der Waals surface area contributed by atoms with Crippen LogP contribution in [0.1, 0.15) is 0 Å². The lowest BCUT2D eigenvalue weighted by Gasteiger charge is -2.15. The number of hydrogen-bond acceptors (Lipinski definition) is 4. The third-order valence-corrected chi connectivity index (χ3v) is 3.10. The normalized spacial score (nSPS) is 10.0. The quantitative estimate of drug-likeness (QED) is 0.873. The molecule has 0 radical (unpaired) electrons. The molecule has 128 valence electrons. The standard InChI is InChI=1S/C16H16F2N2O4/c1-22-13-7-10(8-14(23-2)15(13)24-3)20-16(21)19-9-4-5-11(17)12(18)6-9/h4-8H,1-3H3,(H2,19,20,21). The highest BCUT2D eigenvalue weighted by Gasteiger charge is 2.14. The van der Waals surface area contributed by atoms with Crippen LogP contribution >= 0.6 is 0 Å². The number of carbonyl (C=O) groups excluding carboxylic acids is 1. The lowest BCUT2D eigenvalue weighted by atomic mass is 10.2. The summed E-state index contributed by atoms with van der Waals surface area (Å²) in [6, 6.07) is 5.47. The molecule has 2 aromatic carbocycles. The number of ether oxygens (including phenoxy) is 3. The number of carbonyl (C=O) groups is 1. The molecule has 24 heavy (non-hydrogen) atoms. The molecule has 0 aliphatic heterocycles. The van der Waals surface area contributed by atoms with Crippen LogP contribution in [0.15, 0.2) is 30.3 Å². The van der Waals surface area contributed by atoms with Gasteiger partial charge in [0.25, 0.3) is 0 Å². The molecule has 0 saturated carbocycles. The first-order chi connectivity index (χ1) is 11.5. The molecule has 6 nitrogen and oxygen atoms in total. The van der Waals surface area contributed by atoms with Crippen LogP contribution in [0.25, 0.3) is 0 Å². The summed E-state index contributed by atoms with van der Waals surface area (Å²) in [5.74, 6) is -0.947. The van der Waals surface area contributed by atoms with Crippen molar-refractivity contribution in [1.29, 1.82) is 0 Å². The molecule has 0 saturated heterocycles. The number of rotatable bonds is 5. The largest absolute Gasteiger partial charge is 0.493 e. The Morgan fingerprint density at radius 3 is 1.92 bits per heavy atom. The van der Waals surface area contributed by atoms with Crippen molar-refractivity contribution in [2.45, 2.75) is 0 Å². The average molecular weight is 338 g/mol. The molecule has 0 aliphatic rings. The van der Waals surface area contributed by atoms with Gasteiger partial charge in [-0.1, -0.05) is 0 Å². The first-order valence-electron chi connectivity index (χ1n) is 6.81. The summed E-state index contributed by atoms with van der Waals surface area (Å²) in [6.45, 7) is 0. The van der Waals surface area contributed by atoms with Crippen LogP contribution < -0.4 is 24.8 Å². The first kappa shape index (κ1) is 17.3. The molecular formula is C16H16F2N2O4. The lowest BCUT2D eigenvalue weighted by Crippen LogP contribution is -2.19. The van der Waals surface area contributed by atoms with E-state index in [1.807, 2.05) is 0 Å². The van der Waals surface area contributed by atoms with Crippen molar-refractivity contribution in [3.63, 3.8) is 0 Å². The van der Waals surface area contributed by atoms with Gasteiger partial charge in [-0.3, -0.25) is 0 Å². The van der Waals surface area contributed by atoms with E-state index in [0.717, 1.165) is 12.1 Å². The third kappa shape index (κ3) is 3.83. The Labute approximate surface area is 137 Å². The Bertz CT molecular complexity index is 728. The smallest absolute Gasteiger partial charge is 0.323 e. The van der Waals surface area contributed by atoms with E-state index in [0.29, 0.717) is 22.9 Å². The molecular weight excluding hydrogens is 322 g/mol. The van der Waals surface area contributed by atoms with Crippen LogP contribution in [0.5, 0.6) is 17.2 Å². The zero-order chi connectivity index (χ0) is 17.7. The minimum atomic E-state index is -1.06. The van der Waals surface area contributed by atoms with Crippen molar-refractivity contribution in [2.75, 3.05) is 32.0 Å². The van der Waals surface area contributed by atoms with Crippen LogP contribution in [0.4, 0.5) is 25.0 Å². The Morgan fingerprint density at radius 2 is 1.42 bits per heavy atom. The molecule has 0 heterocycles. The Hall–Kier alpha value is -3.03. The van der Waals surface area contributed by atoms with Gasteiger partial charge >= 0.3 is 6.03 Å². The van der Waals surface area contributed by atoms with Crippen LogP contribution in [0.3, 0.4) is 0 Å². The van der Waals surface area contributed by atoms with E-state index in [-0.39, 0.29) is 5.69 Å². The monoisotopic (exact) mass is 338 g/mol. The average Bonchev–Trinajstić information content (AvgIpc) is 2.57.